The molecule has 0 spiro atoms. The highest BCUT2D eigenvalue weighted by molar-refractivity contribution is 6.30. The maximum atomic E-state index is 11.7. The number of halogens is 1. The predicted octanol–water partition coefficient (Wildman–Crippen LogP) is 1.22. The van der Waals surface area contributed by atoms with E-state index in [1.807, 2.05) is 0 Å². The Bertz CT molecular complexity index is 482. The molecule has 0 amide bonds. The lowest BCUT2D eigenvalue weighted by molar-refractivity contribution is 0.585. The number of anilines is 1. The lowest BCUT2D eigenvalue weighted by atomic mass is 10.1. The molecule has 3 heterocycles. The van der Waals surface area contributed by atoms with Crippen LogP contribution in [0, 0.1) is 0 Å². The van der Waals surface area contributed by atoms with Crippen molar-refractivity contribution in [3.63, 3.8) is 0 Å². The molecule has 0 radical (unpaired) electrons. The van der Waals surface area contributed by atoms with Gasteiger partial charge in [0.2, 0.25) is 0 Å². The zero-order valence-electron chi connectivity index (χ0n) is 8.53. The van der Waals surface area contributed by atoms with Crippen molar-refractivity contribution >= 4 is 17.4 Å². The van der Waals surface area contributed by atoms with Crippen molar-refractivity contribution in [1.29, 1.82) is 0 Å². The van der Waals surface area contributed by atoms with Gasteiger partial charge in [0.05, 0.1) is 6.04 Å². The van der Waals surface area contributed by atoms with Gasteiger partial charge in [0.15, 0.2) is 0 Å². The van der Waals surface area contributed by atoms with Crippen LogP contribution in [0.2, 0.25) is 5.15 Å². The van der Waals surface area contributed by atoms with Crippen molar-refractivity contribution < 1.29 is 0 Å². The second kappa shape index (κ2) is 2.98. The van der Waals surface area contributed by atoms with Gasteiger partial charge in [-0.3, -0.25) is 4.57 Å². The first kappa shape index (κ1) is 9.21. The van der Waals surface area contributed by atoms with Crippen LogP contribution < -0.4 is 10.6 Å². The maximum Gasteiger partial charge on any atom is 0.350 e. The minimum atomic E-state index is -0.212. The molecule has 0 fully saturated rings. The maximum absolute atomic E-state index is 11.7. The molecule has 4 nitrogen and oxygen atoms in total. The zero-order valence-corrected chi connectivity index (χ0v) is 9.29. The lowest BCUT2D eigenvalue weighted by Crippen LogP contribution is -2.29. The largest absolute Gasteiger partial charge is 0.355 e. The Balaban J connectivity index is 2.35. The second-order valence-corrected chi connectivity index (χ2v) is 4.61. The first-order valence-electron chi connectivity index (χ1n) is 5.24. The molecule has 0 N–H and O–H groups in total. The SMILES string of the molecule is C[C@H]1CN2CCCc3c(Cl)nc(=O)n1c32. The van der Waals surface area contributed by atoms with Crippen LogP contribution in [0.25, 0.3) is 0 Å². The van der Waals surface area contributed by atoms with E-state index in [9.17, 15) is 4.79 Å². The van der Waals surface area contributed by atoms with E-state index in [-0.39, 0.29) is 11.7 Å². The molecule has 2 aliphatic rings. The Morgan fingerprint density at radius 3 is 3.13 bits per heavy atom. The molecule has 80 valence electrons. The molecule has 5 heteroatoms. The zero-order chi connectivity index (χ0) is 10.6. The highest BCUT2D eigenvalue weighted by Gasteiger charge is 2.32. The molecule has 3 rings (SSSR count). The summed E-state index contributed by atoms with van der Waals surface area (Å²) in [7, 11) is 0. The van der Waals surface area contributed by atoms with Gasteiger partial charge < -0.3 is 4.90 Å². The van der Waals surface area contributed by atoms with Crippen molar-refractivity contribution in [3.8, 4) is 0 Å². The molecule has 0 unspecified atom stereocenters. The van der Waals surface area contributed by atoms with Gasteiger partial charge in [0.25, 0.3) is 0 Å². The molecular weight excluding hydrogens is 214 g/mol. The molecule has 1 aromatic heterocycles. The third-order valence-electron chi connectivity index (χ3n) is 3.23. The number of hydrogen-bond acceptors (Lipinski definition) is 3. The highest BCUT2D eigenvalue weighted by Crippen LogP contribution is 2.36. The molecule has 1 atom stereocenters. The third-order valence-corrected chi connectivity index (χ3v) is 3.54. The molecule has 0 aromatic carbocycles. The van der Waals surface area contributed by atoms with Gasteiger partial charge in [-0.15, -0.1) is 0 Å². The number of aromatic nitrogens is 2. The minimum Gasteiger partial charge on any atom is -0.355 e. The molecule has 1 aromatic rings. The minimum absolute atomic E-state index is 0.212. The molecule has 0 saturated heterocycles. The Morgan fingerprint density at radius 1 is 1.53 bits per heavy atom. The first-order chi connectivity index (χ1) is 7.18. The fourth-order valence-corrected chi connectivity index (χ4v) is 2.87. The Morgan fingerprint density at radius 2 is 2.33 bits per heavy atom. The molecular formula is C10H12ClN3O. The molecule has 2 aliphatic heterocycles. The topological polar surface area (TPSA) is 38.1 Å². The van der Waals surface area contributed by atoms with Crippen molar-refractivity contribution in [2.45, 2.75) is 25.8 Å². The number of hydrogen-bond donors (Lipinski definition) is 0. The van der Waals surface area contributed by atoms with E-state index >= 15 is 0 Å². The fourth-order valence-electron chi connectivity index (χ4n) is 2.62. The standard InChI is InChI=1S/C10H12ClN3O/c1-6-5-13-4-2-3-7-8(11)12-10(15)14(6)9(7)13/h6H,2-5H2,1H3/t6-/m0/s1. The van der Waals surface area contributed by atoms with E-state index in [1.54, 1.807) is 4.57 Å². The van der Waals surface area contributed by atoms with Crippen LogP contribution in [-0.4, -0.2) is 22.6 Å². The lowest BCUT2D eigenvalue weighted by Gasteiger charge is -2.25. The molecule has 0 saturated carbocycles. The average Bonchev–Trinajstić information content (AvgIpc) is 2.51. The van der Waals surface area contributed by atoms with E-state index in [2.05, 4.69) is 16.8 Å². The van der Waals surface area contributed by atoms with Crippen LogP contribution in [0.5, 0.6) is 0 Å². The van der Waals surface area contributed by atoms with Gasteiger partial charge in [0.1, 0.15) is 11.0 Å². The number of nitrogens with zero attached hydrogens (tertiary/aromatic N) is 3. The van der Waals surface area contributed by atoms with Crippen LogP contribution in [-0.2, 0) is 6.42 Å². The summed E-state index contributed by atoms with van der Waals surface area (Å²) in [6, 6.07) is 0.217. The van der Waals surface area contributed by atoms with Crippen LogP contribution in [0.1, 0.15) is 24.9 Å². The van der Waals surface area contributed by atoms with Crippen LogP contribution >= 0.6 is 11.6 Å². The normalized spacial score (nSPS) is 23.1. The van der Waals surface area contributed by atoms with E-state index < -0.39 is 0 Å². The third kappa shape index (κ3) is 1.14. The van der Waals surface area contributed by atoms with Crippen LogP contribution in [0.4, 0.5) is 5.82 Å². The Labute approximate surface area is 92.5 Å². The molecule has 0 aliphatic carbocycles. The quantitative estimate of drug-likeness (QED) is 0.624. The molecule has 0 bridgehead atoms. The molecule has 15 heavy (non-hydrogen) atoms. The van der Waals surface area contributed by atoms with Crippen LogP contribution in [0.3, 0.4) is 0 Å². The Hall–Kier alpha value is -1.03. The van der Waals surface area contributed by atoms with Gasteiger partial charge in [0, 0.05) is 18.7 Å². The summed E-state index contributed by atoms with van der Waals surface area (Å²) in [6.07, 6.45) is 2.03. The summed E-state index contributed by atoms with van der Waals surface area (Å²) in [5.74, 6) is 1.01. The summed E-state index contributed by atoms with van der Waals surface area (Å²) < 4.78 is 1.78. The van der Waals surface area contributed by atoms with Gasteiger partial charge in [-0.05, 0) is 19.8 Å². The van der Waals surface area contributed by atoms with E-state index in [4.69, 9.17) is 11.6 Å². The number of rotatable bonds is 0. The van der Waals surface area contributed by atoms with Crippen molar-refractivity contribution in [2.75, 3.05) is 18.0 Å². The summed E-state index contributed by atoms with van der Waals surface area (Å²) in [4.78, 5) is 17.9. The fraction of sp³-hybridized carbons (Fsp3) is 0.600. The van der Waals surface area contributed by atoms with Gasteiger partial charge >= 0.3 is 5.69 Å². The summed E-state index contributed by atoms with van der Waals surface area (Å²) in [5.41, 5.74) is 0.836. The van der Waals surface area contributed by atoms with E-state index in [0.717, 1.165) is 37.3 Å². The van der Waals surface area contributed by atoms with E-state index in [0.29, 0.717) is 5.15 Å². The smallest absolute Gasteiger partial charge is 0.350 e. The highest BCUT2D eigenvalue weighted by atomic mass is 35.5. The van der Waals surface area contributed by atoms with E-state index in [1.165, 1.54) is 0 Å². The van der Waals surface area contributed by atoms with Gasteiger partial charge in [-0.25, -0.2) is 4.79 Å². The van der Waals surface area contributed by atoms with Crippen molar-refractivity contribution in [2.24, 2.45) is 0 Å². The van der Waals surface area contributed by atoms with Gasteiger partial charge in [-0.1, -0.05) is 11.6 Å². The summed E-state index contributed by atoms with van der Waals surface area (Å²) in [5, 5.41) is 0.394. The van der Waals surface area contributed by atoms with Crippen LogP contribution in [0.15, 0.2) is 4.79 Å². The summed E-state index contributed by atoms with van der Waals surface area (Å²) >= 11 is 6.01. The van der Waals surface area contributed by atoms with Crippen molar-refractivity contribution in [1.82, 2.24) is 9.55 Å². The van der Waals surface area contributed by atoms with Crippen molar-refractivity contribution in [3.05, 3.63) is 21.2 Å². The first-order valence-corrected chi connectivity index (χ1v) is 5.62. The summed E-state index contributed by atoms with van der Waals surface area (Å²) in [6.45, 7) is 3.98. The second-order valence-electron chi connectivity index (χ2n) is 4.26. The predicted molar refractivity (Wildman–Crippen MR) is 58.8 cm³/mol. The van der Waals surface area contributed by atoms with Gasteiger partial charge in [-0.2, -0.15) is 4.98 Å². The average molecular weight is 226 g/mol. The Kier molecular flexibility index (Phi) is 1.83. The monoisotopic (exact) mass is 225 g/mol.